The molecule has 0 aromatic heterocycles. The Kier molecular flexibility index (Phi) is 9.83. The van der Waals surface area contributed by atoms with Crippen LogP contribution < -0.4 is 0 Å². The SMILES string of the molecule is C=CC(=O)OCCOC(=O)c1ccccc1C(=O)OCC(O)COC(=O)C(=C)C. The summed E-state index contributed by atoms with van der Waals surface area (Å²) in [4.78, 5) is 46.6. The zero-order valence-corrected chi connectivity index (χ0v) is 15.9. The largest absolute Gasteiger partial charge is 0.459 e. The second-order valence-electron chi connectivity index (χ2n) is 5.68. The van der Waals surface area contributed by atoms with Gasteiger partial charge in [0, 0.05) is 11.6 Å². The highest BCUT2D eigenvalue weighted by Gasteiger charge is 2.20. The second kappa shape index (κ2) is 12.1. The molecule has 1 aromatic carbocycles. The van der Waals surface area contributed by atoms with E-state index in [2.05, 4.69) is 17.9 Å². The van der Waals surface area contributed by atoms with Crippen LogP contribution in [0.1, 0.15) is 27.6 Å². The van der Waals surface area contributed by atoms with Crippen LogP contribution >= 0.6 is 0 Å². The summed E-state index contributed by atoms with van der Waals surface area (Å²) < 4.78 is 19.3. The van der Waals surface area contributed by atoms with E-state index in [1.807, 2.05) is 0 Å². The number of rotatable bonds is 11. The van der Waals surface area contributed by atoms with Crippen molar-refractivity contribution in [3.63, 3.8) is 0 Å². The smallest absolute Gasteiger partial charge is 0.339 e. The third kappa shape index (κ3) is 8.39. The van der Waals surface area contributed by atoms with E-state index in [1.165, 1.54) is 31.2 Å². The molecule has 0 aliphatic heterocycles. The summed E-state index contributed by atoms with van der Waals surface area (Å²) in [5, 5.41) is 9.74. The van der Waals surface area contributed by atoms with Gasteiger partial charge in [-0.05, 0) is 19.1 Å². The summed E-state index contributed by atoms with van der Waals surface area (Å²) in [5.41, 5.74) is 0.0309. The first-order chi connectivity index (χ1) is 13.8. The molecule has 0 saturated heterocycles. The molecule has 1 unspecified atom stereocenters. The van der Waals surface area contributed by atoms with Crippen LogP contribution in [0.2, 0.25) is 0 Å². The van der Waals surface area contributed by atoms with Crippen molar-refractivity contribution in [2.24, 2.45) is 0 Å². The summed E-state index contributed by atoms with van der Waals surface area (Å²) in [7, 11) is 0. The van der Waals surface area contributed by atoms with Crippen LogP contribution in [0.3, 0.4) is 0 Å². The van der Waals surface area contributed by atoms with Gasteiger partial charge in [-0.3, -0.25) is 0 Å². The molecule has 1 N–H and O–H groups in total. The third-order valence-electron chi connectivity index (χ3n) is 3.26. The Bertz CT molecular complexity index is 782. The number of esters is 4. The van der Waals surface area contributed by atoms with E-state index in [0.29, 0.717) is 0 Å². The van der Waals surface area contributed by atoms with Crippen molar-refractivity contribution in [3.05, 3.63) is 60.2 Å². The van der Waals surface area contributed by atoms with Gasteiger partial charge in [-0.2, -0.15) is 0 Å². The topological polar surface area (TPSA) is 125 Å². The lowest BCUT2D eigenvalue weighted by atomic mass is 10.1. The van der Waals surface area contributed by atoms with Crippen LogP contribution in [0.25, 0.3) is 0 Å². The molecule has 1 aromatic rings. The van der Waals surface area contributed by atoms with Crippen LogP contribution in [0.4, 0.5) is 0 Å². The fourth-order valence-corrected chi connectivity index (χ4v) is 1.85. The van der Waals surface area contributed by atoms with Crippen LogP contribution in [-0.2, 0) is 28.5 Å². The second-order valence-corrected chi connectivity index (χ2v) is 5.68. The molecule has 0 spiro atoms. The maximum absolute atomic E-state index is 12.2. The van der Waals surface area contributed by atoms with E-state index in [0.717, 1.165) is 6.08 Å². The van der Waals surface area contributed by atoms with Gasteiger partial charge in [-0.1, -0.05) is 25.3 Å². The number of benzene rings is 1. The van der Waals surface area contributed by atoms with Crippen LogP contribution in [-0.4, -0.2) is 61.5 Å². The summed E-state index contributed by atoms with van der Waals surface area (Å²) >= 11 is 0. The molecule has 1 atom stereocenters. The lowest BCUT2D eigenvalue weighted by molar-refractivity contribution is -0.142. The molecule has 9 heteroatoms. The van der Waals surface area contributed by atoms with Crippen LogP contribution in [0.5, 0.6) is 0 Å². The van der Waals surface area contributed by atoms with Gasteiger partial charge in [-0.15, -0.1) is 0 Å². The normalized spacial score (nSPS) is 11.0. The average molecular weight is 406 g/mol. The van der Waals surface area contributed by atoms with Gasteiger partial charge in [-0.25, -0.2) is 19.2 Å². The predicted molar refractivity (Wildman–Crippen MR) is 99.9 cm³/mol. The predicted octanol–water partition coefficient (Wildman–Crippen LogP) is 1.21. The van der Waals surface area contributed by atoms with Crippen molar-refractivity contribution in [2.45, 2.75) is 13.0 Å². The minimum atomic E-state index is -1.25. The number of hydrogen-bond acceptors (Lipinski definition) is 9. The highest BCUT2D eigenvalue weighted by atomic mass is 16.6. The van der Waals surface area contributed by atoms with E-state index in [-0.39, 0.29) is 36.5 Å². The van der Waals surface area contributed by atoms with E-state index in [4.69, 9.17) is 14.2 Å². The molecular formula is C20H22O9. The molecule has 0 amide bonds. The van der Waals surface area contributed by atoms with Crippen molar-refractivity contribution in [1.82, 2.24) is 0 Å². The van der Waals surface area contributed by atoms with E-state index in [1.54, 1.807) is 0 Å². The van der Waals surface area contributed by atoms with Gasteiger partial charge < -0.3 is 24.1 Å². The Morgan fingerprint density at radius 3 is 2.03 bits per heavy atom. The first-order valence-corrected chi connectivity index (χ1v) is 8.49. The molecule has 0 radical (unpaired) electrons. The van der Waals surface area contributed by atoms with Gasteiger partial charge in [0.1, 0.15) is 32.5 Å². The van der Waals surface area contributed by atoms with Crippen molar-refractivity contribution in [2.75, 3.05) is 26.4 Å². The number of carbonyl (C=O) groups is 4. The average Bonchev–Trinajstić information content (AvgIpc) is 2.72. The fraction of sp³-hybridized carbons (Fsp3) is 0.300. The van der Waals surface area contributed by atoms with Crippen molar-refractivity contribution in [3.8, 4) is 0 Å². The van der Waals surface area contributed by atoms with Crippen molar-refractivity contribution < 1.29 is 43.2 Å². The molecule has 0 aliphatic carbocycles. The minimum absolute atomic E-state index is 0.0595. The van der Waals surface area contributed by atoms with Crippen LogP contribution in [0.15, 0.2) is 49.1 Å². The summed E-state index contributed by atoms with van der Waals surface area (Å²) in [6.07, 6.45) is -0.276. The molecule has 0 aliphatic rings. The maximum Gasteiger partial charge on any atom is 0.339 e. The van der Waals surface area contributed by atoms with Crippen molar-refractivity contribution in [1.29, 1.82) is 0 Å². The Morgan fingerprint density at radius 2 is 1.48 bits per heavy atom. The first kappa shape index (κ1) is 23.6. The van der Waals surface area contributed by atoms with Gasteiger partial charge >= 0.3 is 23.9 Å². The van der Waals surface area contributed by atoms with E-state index < -0.39 is 36.6 Å². The molecule has 156 valence electrons. The zero-order chi connectivity index (χ0) is 21.8. The highest BCUT2D eigenvalue weighted by molar-refractivity contribution is 6.03. The van der Waals surface area contributed by atoms with Gasteiger partial charge in [0.15, 0.2) is 0 Å². The highest BCUT2D eigenvalue weighted by Crippen LogP contribution is 2.12. The molecule has 1 rings (SSSR count). The lowest BCUT2D eigenvalue weighted by Gasteiger charge is -2.13. The summed E-state index contributed by atoms with van der Waals surface area (Å²) in [6.45, 7) is 6.86. The van der Waals surface area contributed by atoms with Crippen LogP contribution in [0, 0.1) is 0 Å². The first-order valence-electron chi connectivity index (χ1n) is 8.49. The minimum Gasteiger partial charge on any atom is -0.459 e. The third-order valence-corrected chi connectivity index (χ3v) is 3.26. The molecule has 29 heavy (non-hydrogen) atoms. The fourth-order valence-electron chi connectivity index (χ4n) is 1.85. The summed E-state index contributed by atoms with van der Waals surface area (Å²) in [5.74, 6) is -3.02. The Hall–Kier alpha value is -3.46. The van der Waals surface area contributed by atoms with Gasteiger partial charge in [0.25, 0.3) is 0 Å². The number of aliphatic hydroxyl groups is 1. The molecule has 0 bridgehead atoms. The molecule has 0 heterocycles. The Labute approximate surface area is 167 Å². The molecule has 0 saturated carbocycles. The van der Waals surface area contributed by atoms with Gasteiger partial charge in [0.2, 0.25) is 0 Å². The molecular weight excluding hydrogens is 384 g/mol. The monoisotopic (exact) mass is 406 g/mol. The number of carbonyl (C=O) groups excluding carboxylic acids is 4. The Morgan fingerprint density at radius 1 is 0.966 bits per heavy atom. The van der Waals surface area contributed by atoms with E-state index >= 15 is 0 Å². The number of hydrogen-bond donors (Lipinski definition) is 1. The quantitative estimate of drug-likeness (QED) is 0.250. The number of ether oxygens (including phenoxy) is 4. The zero-order valence-electron chi connectivity index (χ0n) is 15.9. The number of aliphatic hydroxyl groups excluding tert-OH is 1. The summed E-state index contributed by atoms with van der Waals surface area (Å²) in [6, 6.07) is 5.76. The van der Waals surface area contributed by atoms with Crippen molar-refractivity contribution >= 4 is 23.9 Å². The van der Waals surface area contributed by atoms with Gasteiger partial charge in [0.05, 0.1) is 11.1 Å². The Balaban J connectivity index is 2.58. The molecule has 9 nitrogen and oxygen atoms in total. The maximum atomic E-state index is 12.2. The standard InChI is InChI=1S/C20H22O9/c1-4-17(22)26-9-10-27-19(24)15-7-5-6-8-16(15)20(25)29-12-14(21)11-28-18(23)13(2)3/h4-8,14,21H,1-2,9-12H2,3H3. The van der Waals surface area contributed by atoms with E-state index in [9.17, 15) is 24.3 Å². The lowest BCUT2D eigenvalue weighted by Crippen LogP contribution is -2.26. The molecule has 0 fully saturated rings.